The molecule has 14 heavy (non-hydrogen) atoms. The van der Waals surface area contributed by atoms with Crippen LogP contribution in [0, 0.1) is 0 Å². The SMILES string of the molecule is NCc1nnc(-c2ccc(Cl)cc2)s1. The Labute approximate surface area is 90.5 Å². The summed E-state index contributed by atoms with van der Waals surface area (Å²) in [5, 5.41) is 10.4. The van der Waals surface area contributed by atoms with E-state index in [2.05, 4.69) is 10.2 Å². The topological polar surface area (TPSA) is 51.8 Å². The highest BCUT2D eigenvalue weighted by Gasteiger charge is 2.04. The standard InChI is InChI=1S/C9H8ClN3S/c10-7-3-1-6(2-4-7)9-13-12-8(5-11)14-9/h1-4H,5,11H2. The highest BCUT2D eigenvalue weighted by Crippen LogP contribution is 2.24. The minimum absolute atomic E-state index is 0.436. The summed E-state index contributed by atoms with van der Waals surface area (Å²) in [4.78, 5) is 0. The second-order valence-electron chi connectivity index (χ2n) is 2.71. The molecular formula is C9H8ClN3S. The van der Waals surface area contributed by atoms with Gasteiger partial charge in [-0.05, 0) is 12.1 Å². The summed E-state index contributed by atoms with van der Waals surface area (Å²) in [6.07, 6.45) is 0. The van der Waals surface area contributed by atoms with Crippen LogP contribution in [0.4, 0.5) is 0 Å². The van der Waals surface area contributed by atoms with Crippen molar-refractivity contribution in [2.24, 2.45) is 5.73 Å². The number of hydrogen-bond donors (Lipinski definition) is 1. The van der Waals surface area contributed by atoms with Gasteiger partial charge in [0.15, 0.2) is 0 Å². The summed E-state index contributed by atoms with van der Waals surface area (Å²) in [5.74, 6) is 0. The number of hydrogen-bond acceptors (Lipinski definition) is 4. The zero-order valence-electron chi connectivity index (χ0n) is 7.27. The Balaban J connectivity index is 2.34. The van der Waals surface area contributed by atoms with Crippen LogP contribution in [0.15, 0.2) is 24.3 Å². The monoisotopic (exact) mass is 225 g/mol. The minimum atomic E-state index is 0.436. The first-order valence-corrected chi connectivity index (χ1v) is 5.27. The third-order valence-electron chi connectivity index (χ3n) is 1.73. The van der Waals surface area contributed by atoms with Crippen molar-refractivity contribution in [3.8, 4) is 10.6 Å². The molecule has 1 aromatic carbocycles. The molecule has 5 heteroatoms. The van der Waals surface area contributed by atoms with Crippen molar-refractivity contribution in [3.05, 3.63) is 34.3 Å². The van der Waals surface area contributed by atoms with Crippen molar-refractivity contribution in [2.75, 3.05) is 0 Å². The maximum Gasteiger partial charge on any atom is 0.147 e. The van der Waals surface area contributed by atoms with Gasteiger partial charge in [0.1, 0.15) is 10.0 Å². The van der Waals surface area contributed by atoms with Gasteiger partial charge in [0.05, 0.1) is 0 Å². The normalized spacial score (nSPS) is 10.4. The number of rotatable bonds is 2. The number of halogens is 1. The Morgan fingerprint density at radius 1 is 1.21 bits per heavy atom. The molecule has 0 fully saturated rings. The predicted octanol–water partition coefficient (Wildman–Crippen LogP) is 2.32. The van der Waals surface area contributed by atoms with Gasteiger partial charge in [-0.3, -0.25) is 0 Å². The van der Waals surface area contributed by atoms with Gasteiger partial charge in [-0.25, -0.2) is 0 Å². The van der Waals surface area contributed by atoms with Gasteiger partial charge in [-0.1, -0.05) is 35.1 Å². The Hall–Kier alpha value is -0.970. The predicted molar refractivity (Wildman–Crippen MR) is 58.2 cm³/mol. The summed E-state index contributed by atoms with van der Waals surface area (Å²) in [6, 6.07) is 7.51. The van der Waals surface area contributed by atoms with Gasteiger partial charge in [-0.2, -0.15) is 0 Å². The first-order valence-electron chi connectivity index (χ1n) is 4.08. The number of benzene rings is 1. The summed E-state index contributed by atoms with van der Waals surface area (Å²) in [6.45, 7) is 0.436. The van der Waals surface area contributed by atoms with Crippen LogP contribution in [0.1, 0.15) is 5.01 Å². The fraction of sp³-hybridized carbons (Fsp3) is 0.111. The lowest BCUT2D eigenvalue weighted by Gasteiger charge is -1.93. The smallest absolute Gasteiger partial charge is 0.147 e. The maximum absolute atomic E-state index is 5.78. The zero-order valence-corrected chi connectivity index (χ0v) is 8.85. The van der Waals surface area contributed by atoms with Crippen LogP contribution in [0.3, 0.4) is 0 Å². The third kappa shape index (κ3) is 1.92. The van der Waals surface area contributed by atoms with E-state index in [1.165, 1.54) is 11.3 Å². The molecule has 0 bridgehead atoms. The zero-order chi connectivity index (χ0) is 9.97. The lowest BCUT2D eigenvalue weighted by molar-refractivity contribution is 0.960. The van der Waals surface area contributed by atoms with Gasteiger partial charge in [0.2, 0.25) is 0 Å². The molecule has 1 heterocycles. The molecule has 0 aliphatic carbocycles. The van der Waals surface area contributed by atoms with Crippen molar-refractivity contribution in [3.63, 3.8) is 0 Å². The average molecular weight is 226 g/mol. The molecular weight excluding hydrogens is 218 g/mol. The summed E-state index contributed by atoms with van der Waals surface area (Å²) in [7, 11) is 0. The van der Waals surface area contributed by atoms with Crippen molar-refractivity contribution < 1.29 is 0 Å². The number of nitrogens with two attached hydrogens (primary N) is 1. The van der Waals surface area contributed by atoms with E-state index in [0.29, 0.717) is 6.54 Å². The van der Waals surface area contributed by atoms with Crippen molar-refractivity contribution in [2.45, 2.75) is 6.54 Å². The van der Waals surface area contributed by atoms with Crippen molar-refractivity contribution >= 4 is 22.9 Å². The van der Waals surface area contributed by atoms with Crippen molar-refractivity contribution in [1.29, 1.82) is 0 Å². The maximum atomic E-state index is 5.78. The quantitative estimate of drug-likeness (QED) is 0.854. The molecule has 0 aliphatic rings. The van der Waals surface area contributed by atoms with Gasteiger partial charge in [-0.15, -0.1) is 10.2 Å². The molecule has 0 radical (unpaired) electrons. The van der Waals surface area contributed by atoms with E-state index in [4.69, 9.17) is 17.3 Å². The Morgan fingerprint density at radius 3 is 2.50 bits per heavy atom. The molecule has 2 aromatic rings. The fourth-order valence-electron chi connectivity index (χ4n) is 1.05. The molecule has 0 saturated carbocycles. The molecule has 0 unspecified atom stereocenters. The van der Waals surface area contributed by atoms with E-state index in [1.807, 2.05) is 24.3 Å². The minimum Gasteiger partial charge on any atom is -0.324 e. The van der Waals surface area contributed by atoms with Crippen LogP contribution in [-0.4, -0.2) is 10.2 Å². The van der Waals surface area contributed by atoms with Crippen LogP contribution >= 0.6 is 22.9 Å². The summed E-state index contributed by atoms with van der Waals surface area (Å²) >= 11 is 7.28. The first kappa shape index (κ1) is 9.58. The number of nitrogens with zero attached hydrogens (tertiary/aromatic N) is 2. The van der Waals surface area contributed by atoms with Gasteiger partial charge in [0.25, 0.3) is 0 Å². The van der Waals surface area contributed by atoms with Crippen LogP contribution < -0.4 is 5.73 Å². The van der Waals surface area contributed by atoms with Crippen LogP contribution in [-0.2, 0) is 6.54 Å². The lowest BCUT2D eigenvalue weighted by Crippen LogP contribution is -1.94. The molecule has 2 rings (SSSR count). The molecule has 1 aromatic heterocycles. The molecule has 72 valence electrons. The molecule has 0 saturated heterocycles. The van der Waals surface area contributed by atoms with Gasteiger partial charge in [0, 0.05) is 17.1 Å². The van der Waals surface area contributed by atoms with Crippen LogP contribution in [0.2, 0.25) is 5.02 Å². The molecule has 3 nitrogen and oxygen atoms in total. The van der Waals surface area contributed by atoms with E-state index in [1.54, 1.807) is 0 Å². The van der Waals surface area contributed by atoms with Crippen molar-refractivity contribution in [1.82, 2.24) is 10.2 Å². The van der Waals surface area contributed by atoms with E-state index in [-0.39, 0.29) is 0 Å². The highest BCUT2D eigenvalue weighted by atomic mass is 35.5. The molecule has 0 atom stereocenters. The van der Waals surface area contributed by atoms with E-state index < -0.39 is 0 Å². The average Bonchev–Trinajstić information content (AvgIpc) is 2.67. The summed E-state index contributed by atoms with van der Waals surface area (Å²) < 4.78 is 0. The van der Waals surface area contributed by atoms with Gasteiger partial charge >= 0.3 is 0 Å². The highest BCUT2D eigenvalue weighted by molar-refractivity contribution is 7.14. The van der Waals surface area contributed by atoms with Gasteiger partial charge < -0.3 is 5.73 Å². The first-order chi connectivity index (χ1) is 6.79. The van der Waals surface area contributed by atoms with Crippen LogP contribution in [0.25, 0.3) is 10.6 Å². The fourth-order valence-corrected chi connectivity index (χ4v) is 1.89. The van der Waals surface area contributed by atoms with E-state index in [0.717, 1.165) is 20.6 Å². The third-order valence-corrected chi connectivity index (χ3v) is 2.98. The Morgan fingerprint density at radius 2 is 1.93 bits per heavy atom. The Kier molecular flexibility index (Phi) is 2.77. The molecule has 0 amide bonds. The second-order valence-corrected chi connectivity index (χ2v) is 4.21. The Bertz CT molecular complexity index is 424. The number of aromatic nitrogens is 2. The summed E-state index contributed by atoms with van der Waals surface area (Å²) in [5.41, 5.74) is 6.47. The lowest BCUT2D eigenvalue weighted by atomic mass is 10.2. The van der Waals surface area contributed by atoms with Crippen LogP contribution in [0.5, 0.6) is 0 Å². The largest absolute Gasteiger partial charge is 0.324 e. The molecule has 2 N–H and O–H groups in total. The van der Waals surface area contributed by atoms with E-state index >= 15 is 0 Å². The molecule has 0 aliphatic heterocycles. The van der Waals surface area contributed by atoms with E-state index in [9.17, 15) is 0 Å². The molecule has 0 spiro atoms. The second kappa shape index (κ2) is 4.04.